The van der Waals surface area contributed by atoms with E-state index in [-0.39, 0.29) is 95.4 Å². The van der Waals surface area contributed by atoms with E-state index < -0.39 is 92.7 Å². The number of aliphatic hydroxyl groups is 1. The molecule has 1 saturated heterocycles. The number of nitrogens with two attached hydrogens (primary N) is 1. The van der Waals surface area contributed by atoms with Crippen molar-refractivity contribution in [3.8, 4) is 0 Å². The Balaban J connectivity index is 2.06. The van der Waals surface area contributed by atoms with Gasteiger partial charge in [0.2, 0.25) is 5.91 Å². The maximum atomic E-state index is 14.0. The van der Waals surface area contributed by atoms with Gasteiger partial charge in [0.05, 0.1) is 91.5 Å². The van der Waals surface area contributed by atoms with Gasteiger partial charge >= 0.3 is 35.8 Å². The SMILES string of the molecule is COC(=O)CC[C@@H]1C2=C(C)C3=NC([C@H](CC(=O)OC)[C@@]3(C)CCC(=O)OC)[C@]3(C)N=C(/C(C)=C4\NC(=C(N)C(=N2)C1(C)C)[C@@H](CCC(=O)NCCO)[C@]4(C)CC(=O)OC)[C@@H](CCC(=O)OC)[C@]3(C)CC(=O)OC. The van der Waals surface area contributed by atoms with Crippen LogP contribution in [0.1, 0.15) is 126 Å². The van der Waals surface area contributed by atoms with Gasteiger partial charge in [-0.05, 0) is 57.6 Å². The lowest BCUT2D eigenvalue weighted by molar-refractivity contribution is -0.147. The van der Waals surface area contributed by atoms with E-state index in [1.165, 1.54) is 42.7 Å². The van der Waals surface area contributed by atoms with Crippen molar-refractivity contribution in [3.05, 3.63) is 33.9 Å². The molecule has 0 spiro atoms. The van der Waals surface area contributed by atoms with Crippen LogP contribution in [0.5, 0.6) is 0 Å². The van der Waals surface area contributed by atoms with Crippen molar-refractivity contribution in [1.82, 2.24) is 10.6 Å². The Bertz CT molecular complexity index is 2440. The van der Waals surface area contributed by atoms with Crippen molar-refractivity contribution in [2.75, 3.05) is 55.8 Å². The summed E-state index contributed by atoms with van der Waals surface area (Å²) in [6.45, 7) is 15.1. The number of methoxy groups -OCH3 is 6. The number of allylic oxidation sites excluding steroid dienone is 6. The summed E-state index contributed by atoms with van der Waals surface area (Å²) in [7, 11) is 7.79. The molecular formula is C53H78N6O14. The van der Waals surface area contributed by atoms with E-state index in [2.05, 4.69) is 10.6 Å². The molecule has 8 bridgehead atoms. The van der Waals surface area contributed by atoms with Gasteiger partial charge in [0, 0.05) is 106 Å². The van der Waals surface area contributed by atoms with Crippen LogP contribution < -0.4 is 16.4 Å². The first-order chi connectivity index (χ1) is 34.2. The zero-order valence-corrected chi connectivity index (χ0v) is 45.3. The average Bonchev–Trinajstić information content (AvgIpc) is 3.99. The molecule has 0 saturated carbocycles. The molecule has 5 aliphatic heterocycles. The highest BCUT2D eigenvalue weighted by molar-refractivity contribution is 6.11. The van der Waals surface area contributed by atoms with E-state index in [9.17, 15) is 38.7 Å². The van der Waals surface area contributed by atoms with Gasteiger partial charge in [-0.15, -0.1) is 0 Å². The van der Waals surface area contributed by atoms with E-state index in [1.54, 1.807) is 0 Å². The standard InChI is InChI=1S/C53H78N6O14/c1-28-42-30(16-19-35(62)68-9)49(3,4)48(56-42)41(54)44-31(15-18-34(61)55-23-24-60)51(6,26-39(66)72-13)46(57-44)29(2)43-32(17-20-36(63)69-10)52(7,27-40(67)73-14)53(8,59-43)47-33(25-38(65)71-12)50(5,45(28)58-47)22-21-37(64)70-11/h30-33,47,57,60H,15-27,54H2,1-14H3,(H,55,61)/b42-28?,44-41?,46-29-/t30-,31-,32-,33+,47?,50-,51+,52+,53+/m1/s1. The molecule has 9 atom stereocenters. The largest absolute Gasteiger partial charge is 0.469 e. The Morgan fingerprint density at radius 3 is 1.75 bits per heavy atom. The summed E-state index contributed by atoms with van der Waals surface area (Å²) in [6.07, 6.45) is -0.0569. The number of rotatable bonds is 20. The fourth-order valence-electron chi connectivity index (χ4n) is 12.7. The fraction of sp³-hybridized carbons (Fsp3) is 0.698. The minimum atomic E-state index is -1.41. The van der Waals surface area contributed by atoms with E-state index in [4.69, 9.17) is 49.1 Å². The topological polar surface area (TPSA) is 282 Å². The Morgan fingerprint density at radius 1 is 0.658 bits per heavy atom. The van der Waals surface area contributed by atoms with Gasteiger partial charge in [0.15, 0.2) is 0 Å². The summed E-state index contributed by atoms with van der Waals surface area (Å²) in [5.74, 6) is -6.08. The number of nitrogens with one attached hydrogen (secondary N) is 2. The van der Waals surface area contributed by atoms with E-state index in [0.29, 0.717) is 45.4 Å². The number of aliphatic hydroxyl groups excluding tert-OH is 1. The number of nitrogens with zero attached hydrogens (tertiary/aromatic N) is 3. The van der Waals surface area contributed by atoms with Crippen LogP contribution in [0.25, 0.3) is 0 Å². The predicted molar refractivity (Wildman–Crippen MR) is 269 cm³/mol. The molecule has 0 aromatic rings. The zero-order chi connectivity index (χ0) is 54.6. The number of fused-ring (bicyclic) bond motifs is 6. The molecule has 5 heterocycles. The zero-order valence-electron chi connectivity index (χ0n) is 45.3. The summed E-state index contributed by atoms with van der Waals surface area (Å²) >= 11 is 0. The fourth-order valence-corrected chi connectivity index (χ4v) is 12.7. The van der Waals surface area contributed by atoms with Crippen LogP contribution in [0.4, 0.5) is 0 Å². The number of esters is 6. The maximum absolute atomic E-state index is 14.0. The number of hydrogen-bond donors (Lipinski definition) is 4. The number of carbonyl (C=O) groups is 7. The van der Waals surface area contributed by atoms with Crippen molar-refractivity contribution in [2.24, 2.45) is 66.0 Å². The highest BCUT2D eigenvalue weighted by Gasteiger charge is 2.67. The van der Waals surface area contributed by atoms with Crippen molar-refractivity contribution < 1.29 is 67.1 Å². The third-order valence-electron chi connectivity index (χ3n) is 17.2. The van der Waals surface area contributed by atoms with Gasteiger partial charge < -0.3 is 49.9 Å². The van der Waals surface area contributed by atoms with Crippen LogP contribution in [-0.4, -0.2) is 131 Å². The molecule has 0 aliphatic carbocycles. The molecule has 20 heteroatoms. The summed E-state index contributed by atoms with van der Waals surface area (Å²) in [6, 6.07) is -0.927. The van der Waals surface area contributed by atoms with Crippen LogP contribution in [0.15, 0.2) is 48.9 Å². The van der Waals surface area contributed by atoms with Crippen molar-refractivity contribution in [2.45, 2.75) is 138 Å². The summed E-state index contributed by atoms with van der Waals surface area (Å²) in [4.78, 5) is 111. The lowest BCUT2D eigenvalue weighted by Crippen LogP contribution is -2.55. The van der Waals surface area contributed by atoms with Crippen molar-refractivity contribution in [3.63, 3.8) is 0 Å². The maximum Gasteiger partial charge on any atom is 0.306 e. The van der Waals surface area contributed by atoms with Gasteiger partial charge in [-0.25, -0.2) is 0 Å². The first-order valence-electron chi connectivity index (χ1n) is 25.0. The van der Waals surface area contributed by atoms with Gasteiger partial charge in [0.25, 0.3) is 0 Å². The molecule has 404 valence electrons. The van der Waals surface area contributed by atoms with Gasteiger partial charge in [-0.3, -0.25) is 48.5 Å². The Kier molecular flexibility index (Phi) is 18.0. The first-order valence-corrected chi connectivity index (χ1v) is 25.0. The second kappa shape index (κ2) is 22.7. The van der Waals surface area contributed by atoms with Gasteiger partial charge in [0.1, 0.15) is 0 Å². The van der Waals surface area contributed by atoms with Gasteiger partial charge in [-0.1, -0.05) is 34.6 Å². The van der Waals surface area contributed by atoms with Crippen LogP contribution in [0.3, 0.4) is 0 Å². The number of aliphatic imine (C=N–C) groups is 3. The molecule has 5 N–H and O–H groups in total. The summed E-state index contributed by atoms with van der Waals surface area (Å²) in [5.41, 5.74) is 6.13. The smallest absolute Gasteiger partial charge is 0.306 e. The van der Waals surface area contributed by atoms with Crippen LogP contribution >= 0.6 is 0 Å². The predicted octanol–water partition coefficient (Wildman–Crippen LogP) is 4.76. The molecule has 0 radical (unpaired) electrons. The molecule has 1 unspecified atom stereocenters. The van der Waals surface area contributed by atoms with E-state index in [1.807, 2.05) is 55.4 Å². The number of amides is 1. The van der Waals surface area contributed by atoms with Gasteiger partial charge in [-0.2, -0.15) is 0 Å². The van der Waals surface area contributed by atoms with Crippen LogP contribution in [0, 0.1) is 45.3 Å². The van der Waals surface area contributed by atoms with Crippen LogP contribution in [-0.2, 0) is 62.0 Å². The average molecular weight is 1020 g/mol. The Hall–Kier alpha value is -5.92. The lowest BCUT2D eigenvalue weighted by atomic mass is 9.55. The minimum Gasteiger partial charge on any atom is -0.469 e. The van der Waals surface area contributed by atoms with Crippen molar-refractivity contribution in [1.29, 1.82) is 0 Å². The molecule has 1 amide bonds. The minimum absolute atomic E-state index is 0.0157. The molecule has 0 aromatic carbocycles. The molecule has 0 aromatic heterocycles. The Morgan fingerprint density at radius 2 is 1.19 bits per heavy atom. The first kappa shape index (κ1) is 58.0. The third kappa shape index (κ3) is 10.7. The number of hydrogen-bond acceptors (Lipinski definition) is 19. The van der Waals surface area contributed by atoms with Crippen molar-refractivity contribution >= 4 is 58.9 Å². The monoisotopic (exact) mass is 1020 g/mol. The molecule has 20 nitrogen and oxygen atoms in total. The molecule has 5 rings (SSSR count). The third-order valence-corrected chi connectivity index (χ3v) is 17.2. The Labute approximate surface area is 428 Å². The lowest BCUT2D eigenvalue weighted by Gasteiger charge is -2.48. The number of carbonyl (C=O) groups excluding carboxylic acids is 7. The normalized spacial score (nSPS) is 31.0. The second-order valence-corrected chi connectivity index (χ2v) is 21.4. The highest BCUT2D eigenvalue weighted by Crippen LogP contribution is 2.63. The highest BCUT2D eigenvalue weighted by atomic mass is 16.5. The molecular weight excluding hydrogens is 945 g/mol. The summed E-state index contributed by atoms with van der Waals surface area (Å²) < 4.78 is 31.7. The van der Waals surface area contributed by atoms with E-state index in [0.717, 1.165) is 0 Å². The second-order valence-electron chi connectivity index (χ2n) is 21.4. The molecule has 1 fully saturated rings. The molecule has 5 aliphatic rings. The quantitative estimate of drug-likeness (QED) is 0.0945. The summed E-state index contributed by atoms with van der Waals surface area (Å²) in [5, 5.41) is 16.0. The molecule has 73 heavy (non-hydrogen) atoms. The van der Waals surface area contributed by atoms with E-state index >= 15 is 0 Å². The van der Waals surface area contributed by atoms with Crippen LogP contribution in [0.2, 0.25) is 0 Å². The number of ether oxygens (including phenoxy) is 6.